The third kappa shape index (κ3) is 4.26. The number of rotatable bonds is 5. The van der Waals surface area contributed by atoms with Crippen LogP contribution in [-0.2, 0) is 16.1 Å². The van der Waals surface area contributed by atoms with Gasteiger partial charge in [0.05, 0.1) is 12.5 Å². The highest BCUT2D eigenvalue weighted by molar-refractivity contribution is 7.09. The fourth-order valence-electron chi connectivity index (χ4n) is 4.24. The van der Waals surface area contributed by atoms with E-state index < -0.39 is 0 Å². The number of thiazole rings is 1. The molecule has 2 saturated heterocycles. The molecule has 0 unspecified atom stereocenters. The van der Waals surface area contributed by atoms with Crippen molar-refractivity contribution < 1.29 is 9.59 Å². The second-order valence-electron chi connectivity index (χ2n) is 7.81. The summed E-state index contributed by atoms with van der Waals surface area (Å²) in [5.74, 6) is 0.940. The molecule has 6 nitrogen and oxygen atoms in total. The molecular formula is C19H28N4O2S. The maximum atomic E-state index is 12.5. The van der Waals surface area contributed by atoms with Crippen LogP contribution in [0.15, 0.2) is 11.6 Å². The maximum absolute atomic E-state index is 12.5. The topological polar surface area (TPSA) is 65.5 Å². The number of aromatic nitrogens is 1. The molecule has 1 aliphatic carbocycles. The molecule has 0 bridgehead atoms. The first-order valence-electron chi connectivity index (χ1n) is 9.89. The van der Waals surface area contributed by atoms with Crippen LogP contribution in [0.3, 0.4) is 0 Å². The second-order valence-corrected chi connectivity index (χ2v) is 8.79. The molecule has 1 aromatic heterocycles. The number of nitrogens with one attached hydrogen (secondary N) is 1. The number of carbonyl (C=O) groups excluding carboxylic acids is 2. The molecule has 1 N–H and O–H groups in total. The Morgan fingerprint density at radius 1 is 1.12 bits per heavy atom. The van der Waals surface area contributed by atoms with Crippen molar-refractivity contribution in [3.05, 3.63) is 16.6 Å². The molecule has 3 fully saturated rings. The van der Waals surface area contributed by atoms with Crippen molar-refractivity contribution in [2.45, 2.75) is 51.1 Å². The zero-order valence-electron chi connectivity index (χ0n) is 15.2. The summed E-state index contributed by atoms with van der Waals surface area (Å²) in [6.45, 7) is 4.24. The van der Waals surface area contributed by atoms with Crippen LogP contribution in [0.1, 0.15) is 43.5 Å². The third-order valence-electron chi connectivity index (χ3n) is 5.94. The van der Waals surface area contributed by atoms with Gasteiger partial charge in [0.2, 0.25) is 11.8 Å². The largest absolute Gasteiger partial charge is 0.349 e. The lowest BCUT2D eigenvalue weighted by atomic mass is 9.93. The zero-order chi connectivity index (χ0) is 17.9. The standard InChI is InChI=1S/C19H28N4O2S/c24-18(21-12-17-20-7-11-26-17)15-2-1-8-23(13-15)16-5-9-22(10-6-16)19(25)14-3-4-14/h7,11,14-16H,1-6,8-10,12-13H2,(H,21,24)/t15-/m0/s1. The van der Waals surface area contributed by atoms with Gasteiger partial charge in [-0.2, -0.15) is 0 Å². The van der Waals surface area contributed by atoms with Gasteiger partial charge in [-0.1, -0.05) is 0 Å². The number of likely N-dealkylation sites (tertiary alicyclic amines) is 2. The Morgan fingerprint density at radius 3 is 2.62 bits per heavy atom. The molecule has 26 heavy (non-hydrogen) atoms. The molecule has 0 spiro atoms. The normalized spacial score (nSPS) is 25.2. The molecule has 3 heterocycles. The van der Waals surface area contributed by atoms with Crippen molar-refractivity contribution in [1.82, 2.24) is 20.1 Å². The molecule has 3 aliphatic rings. The minimum atomic E-state index is 0.0786. The van der Waals surface area contributed by atoms with Crippen molar-refractivity contribution >= 4 is 23.2 Å². The average Bonchev–Trinajstić information content (AvgIpc) is 3.41. The van der Waals surface area contributed by atoms with Gasteiger partial charge in [0.25, 0.3) is 0 Å². The van der Waals surface area contributed by atoms with Crippen molar-refractivity contribution in [3.63, 3.8) is 0 Å². The van der Waals surface area contributed by atoms with Crippen LogP contribution in [0, 0.1) is 11.8 Å². The first-order chi connectivity index (χ1) is 12.7. The van der Waals surface area contributed by atoms with Crippen LogP contribution in [-0.4, -0.2) is 58.8 Å². The van der Waals surface area contributed by atoms with Crippen LogP contribution < -0.4 is 5.32 Å². The van der Waals surface area contributed by atoms with Crippen LogP contribution in [0.5, 0.6) is 0 Å². The molecule has 7 heteroatoms. The fourth-order valence-corrected chi connectivity index (χ4v) is 4.80. The molecule has 0 radical (unpaired) electrons. The lowest BCUT2D eigenvalue weighted by molar-refractivity contribution is -0.134. The highest BCUT2D eigenvalue weighted by atomic mass is 32.1. The molecule has 0 aromatic carbocycles. The summed E-state index contributed by atoms with van der Waals surface area (Å²) in [6.07, 6.45) is 8.09. The van der Waals surface area contributed by atoms with Gasteiger partial charge < -0.3 is 10.2 Å². The average molecular weight is 377 g/mol. The summed E-state index contributed by atoms with van der Waals surface area (Å²) in [6, 6.07) is 0.521. The van der Waals surface area contributed by atoms with Crippen LogP contribution >= 0.6 is 11.3 Å². The predicted molar refractivity (Wildman–Crippen MR) is 101 cm³/mol. The van der Waals surface area contributed by atoms with Gasteiger partial charge in [0.1, 0.15) is 5.01 Å². The molecule has 1 atom stereocenters. The lowest BCUT2D eigenvalue weighted by Crippen LogP contribution is -2.51. The Kier molecular flexibility index (Phi) is 5.55. The van der Waals surface area contributed by atoms with Crippen LogP contribution in [0.25, 0.3) is 0 Å². The molecule has 142 valence electrons. The van der Waals surface area contributed by atoms with E-state index in [1.165, 1.54) is 0 Å². The number of hydrogen-bond donors (Lipinski definition) is 1. The van der Waals surface area contributed by atoms with E-state index in [2.05, 4.69) is 20.1 Å². The van der Waals surface area contributed by atoms with Gasteiger partial charge in [-0.3, -0.25) is 14.5 Å². The first kappa shape index (κ1) is 17.9. The Hall–Kier alpha value is -1.47. The molecule has 4 rings (SSSR count). The third-order valence-corrected chi connectivity index (χ3v) is 6.72. The summed E-state index contributed by atoms with van der Waals surface area (Å²) in [5.41, 5.74) is 0. The summed E-state index contributed by atoms with van der Waals surface area (Å²) < 4.78 is 0. The fraction of sp³-hybridized carbons (Fsp3) is 0.737. The highest BCUT2D eigenvalue weighted by Crippen LogP contribution is 2.32. The first-order valence-corrected chi connectivity index (χ1v) is 10.8. The van der Waals surface area contributed by atoms with E-state index in [1.807, 2.05) is 5.38 Å². The minimum Gasteiger partial charge on any atom is -0.349 e. The Balaban J connectivity index is 1.24. The number of piperidine rings is 2. The number of amides is 2. The molecular weight excluding hydrogens is 348 g/mol. The zero-order valence-corrected chi connectivity index (χ0v) is 16.0. The predicted octanol–water partition coefficient (Wildman–Crippen LogP) is 1.87. The van der Waals surface area contributed by atoms with E-state index >= 15 is 0 Å². The number of nitrogens with zero attached hydrogens (tertiary/aromatic N) is 3. The second kappa shape index (κ2) is 8.05. The van der Waals surface area contributed by atoms with Crippen LogP contribution in [0.2, 0.25) is 0 Å². The summed E-state index contributed by atoms with van der Waals surface area (Å²) >= 11 is 1.58. The summed E-state index contributed by atoms with van der Waals surface area (Å²) in [7, 11) is 0. The quantitative estimate of drug-likeness (QED) is 0.852. The van der Waals surface area contributed by atoms with Gasteiger partial charge in [0.15, 0.2) is 0 Å². The Labute approximate surface area is 159 Å². The molecule has 2 aliphatic heterocycles. The van der Waals surface area contributed by atoms with Gasteiger partial charge in [0, 0.05) is 43.2 Å². The Bertz CT molecular complexity index is 623. The smallest absolute Gasteiger partial charge is 0.225 e. The van der Waals surface area contributed by atoms with Crippen molar-refractivity contribution in [2.24, 2.45) is 11.8 Å². The molecule has 2 amide bonds. The SMILES string of the molecule is O=C(NCc1nccs1)[C@H]1CCCN(C2CCN(C(=O)C3CC3)CC2)C1. The van der Waals surface area contributed by atoms with E-state index in [1.54, 1.807) is 17.5 Å². The van der Waals surface area contributed by atoms with Gasteiger partial charge in [-0.05, 0) is 45.1 Å². The molecule has 1 saturated carbocycles. The van der Waals surface area contributed by atoms with E-state index in [0.29, 0.717) is 24.4 Å². The van der Waals surface area contributed by atoms with Gasteiger partial charge in [-0.25, -0.2) is 4.98 Å². The Morgan fingerprint density at radius 2 is 1.92 bits per heavy atom. The van der Waals surface area contributed by atoms with Crippen molar-refractivity contribution in [3.8, 4) is 0 Å². The minimum absolute atomic E-state index is 0.0786. The van der Waals surface area contributed by atoms with E-state index in [-0.39, 0.29) is 11.8 Å². The maximum Gasteiger partial charge on any atom is 0.225 e. The van der Waals surface area contributed by atoms with Gasteiger partial charge >= 0.3 is 0 Å². The van der Waals surface area contributed by atoms with Crippen LogP contribution in [0.4, 0.5) is 0 Å². The van der Waals surface area contributed by atoms with Crippen molar-refractivity contribution in [1.29, 1.82) is 0 Å². The summed E-state index contributed by atoms with van der Waals surface area (Å²) in [5, 5.41) is 5.94. The summed E-state index contributed by atoms with van der Waals surface area (Å²) in [4.78, 5) is 33.5. The van der Waals surface area contributed by atoms with Gasteiger partial charge in [-0.15, -0.1) is 11.3 Å². The van der Waals surface area contributed by atoms with E-state index in [9.17, 15) is 9.59 Å². The highest BCUT2D eigenvalue weighted by Gasteiger charge is 2.37. The van der Waals surface area contributed by atoms with E-state index in [0.717, 1.165) is 69.7 Å². The molecule has 1 aromatic rings. The lowest BCUT2D eigenvalue weighted by Gasteiger charge is -2.42. The van der Waals surface area contributed by atoms with Crippen molar-refractivity contribution in [2.75, 3.05) is 26.2 Å². The van der Waals surface area contributed by atoms with E-state index in [4.69, 9.17) is 0 Å². The number of carbonyl (C=O) groups is 2. The monoisotopic (exact) mass is 376 g/mol. The number of hydrogen-bond acceptors (Lipinski definition) is 5.